The summed E-state index contributed by atoms with van der Waals surface area (Å²) in [6.45, 7) is 0. The molecule has 0 amide bonds. The number of halogens is 3. The molecule has 0 aliphatic carbocycles. The lowest BCUT2D eigenvalue weighted by Crippen LogP contribution is -2.15. The SMILES string of the molecule is O=C(c1cccc(C(F)(F)F)c1)c1cc2c(ccc3ccccc32)oc1=O. The Kier molecular flexibility index (Phi) is 3.84. The van der Waals surface area contributed by atoms with Crippen molar-refractivity contribution in [1.82, 2.24) is 0 Å². The average Bonchev–Trinajstić information content (AvgIpc) is 2.66. The summed E-state index contributed by atoms with van der Waals surface area (Å²) in [6, 6.07) is 16.1. The van der Waals surface area contributed by atoms with E-state index in [9.17, 15) is 22.8 Å². The number of hydrogen-bond acceptors (Lipinski definition) is 3. The van der Waals surface area contributed by atoms with Crippen LogP contribution in [0.4, 0.5) is 13.2 Å². The van der Waals surface area contributed by atoms with Crippen molar-refractivity contribution in [2.75, 3.05) is 0 Å². The van der Waals surface area contributed by atoms with Crippen molar-refractivity contribution in [2.45, 2.75) is 6.18 Å². The van der Waals surface area contributed by atoms with Crippen LogP contribution >= 0.6 is 0 Å². The molecular weight excluding hydrogens is 357 g/mol. The standard InChI is InChI=1S/C21H11F3O3/c22-21(23,24)14-6-3-5-13(10-14)19(25)17-11-16-15-7-2-1-4-12(15)8-9-18(16)27-20(17)26/h1-11H. The number of hydrogen-bond donors (Lipinski definition) is 0. The largest absolute Gasteiger partial charge is 0.422 e. The first kappa shape index (κ1) is 17.0. The molecule has 0 fully saturated rings. The molecule has 6 heteroatoms. The lowest BCUT2D eigenvalue weighted by atomic mass is 9.99. The second-order valence-electron chi connectivity index (χ2n) is 6.05. The molecule has 0 saturated carbocycles. The maximum Gasteiger partial charge on any atom is 0.416 e. The Morgan fingerprint density at radius 2 is 1.63 bits per heavy atom. The van der Waals surface area contributed by atoms with Crippen molar-refractivity contribution in [3.63, 3.8) is 0 Å². The third kappa shape index (κ3) is 2.99. The summed E-state index contributed by atoms with van der Waals surface area (Å²) >= 11 is 0. The van der Waals surface area contributed by atoms with E-state index in [2.05, 4.69) is 0 Å². The number of benzene rings is 3. The van der Waals surface area contributed by atoms with Gasteiger partial charge in [-0.2, -0.15) is 13.2 Å². The number of ketones is 1. The Bertz CT molecular complexity index is 1250. The highest BCUT2D eigenvalue weighted by atomic mass is 19.4. The monoisotopic (exact) mass is 368 g/mol. The van der Waals surface area contributed by atoms with Crippen LogP contribution in [0.2, 0.25) is 0 Å². The smallest absolute Gasteiger partial charge is 0.416 e. The van der Waals surface area contributed by atoms with Gasteiger partial charge in [-0.25, -0.2) is 4.79 Å². The van der Waals surface area contributed by atoms with Gasteiger partial charge in [0.2, 0.25) is 0 Å². The number of carbonyl (C=O) groups is 1. The van der Waals surface area contributed by atoms with Crippen LogP contribution in [-0.4, -0.2) is 5.78 Å². The minimum Gasteiger partial charge on any atom is -0.422 e. The van der Waals surface area contributed by atoms with E-state index in [0.717, 1.165) is 29.0 Å². The molecule has 27 heavy (non-hydrogen) atoms. The minimum absolute atomic E-state index is 0.225. The summed E-state index contributed by atoms with van der Waals surface area (Å²) in [7, 11) is 0. The first-order valence-electron chi connectivity index (χ1n) is 8.02. The van der Waals surface area contributed by atoms with E-state index in [1.165, 1.54) is 12.1 Å². The van der Waals surface area contributed by atoms with Gasteiger partial charge in [0.1, 0.15) is 11.1 Å². The Labute approximate surface area is 150 Å². The highest BCUT2D eigenvalue weighted by molar-refractivity contribution is 6.12. The zero-order valence-electron chi connectivity index (χ0n) is 13.7. The van der Waals surface area contributed by atoms with Crippen LogP contribution in [-0.2, 0) is 6.18 Å². The average molecular weight is 368 g/mol. The molecule has 3 nitrogen and oxygen atoms in total. The first-order chi connectivity index (χ1) is 12.8. The molecule has 0 N–H and O–H groups in total. The van der Waals surface area contributed by atoms with Crippen LogP contribution in [0.1, 0.15) is 21.5 Å². The van der Waals surface area contributed by atoms with Gasteiger partial charge in [0.25, 0.3) is 0 Å². The van der Waals surface area contributed by atoms with Gasteiger partial charge in [0.15, 0.2) is 5.78 Å². The topological polar surface area (TPSA) is 47.3 Å². The lowest BCUT2D eigenvalue weighted by molar-refractivity contribution is -0.137. The summed E-state index contributed by atoms with van der Waals surface area (Å²) in [4.78, 5) is 25.0. The summed E-state index contributed by atoms with van der Waals surface area (Å²) in [6.07, 6.45) is -4.58. The van der Waals surface area contributed by atoms with E-state index in [-0.39, 0.29) is 11.1 Å². The molecule has 0 atom stereocenters. The maximum absolute atomic E-state index is 12.9. The molecule has 0 aliphatic rings. The summed E-state index contributed by atoms with van der Waals surface area (Å²) in [5.41, 5.74) is -2.07. The Hall–Kier alpha value is -3.41. The van der Waals surface area contributed by atoms with E-state index in [0.29, 0.717) is 11.0 Å². The second-order valence-corrected chi connectivity index (χ2v) is 6.05. The van der Waals surface area contributed by atoms with Crippen molar-refractivity contribution < 1.29 is 22.4 Å². The van der Waals surface area contributed by atoms with Gasteiger partial charge < -0.3 is 4.42 Å². The van der Waals surface area contributed by atoms with E-state index in [1.54, 1.807) is 18.2 Å². The Morgan fingerprint density at radius 1 is 0.852 bits per heavy atom. The molecule has 1 heterocycles. The molecule has 0 aliphatic heterocycles. The number of rotatable bonds is 2. The van der Waals surface area contributed by atoms with Gasteiger partial charge in [-0.05, 0) is 35.0 Å². The highest BCUT2D eigenvalue weighted by Gasteiger charge is 2.31. The van der Waals surface area contributed by atoms with Crippen molar-refractivity contribution >= 4 is 27.5 Å². The van der Waals surface area contributed by atoms with E-state index >= 15 is 0 Å². The lowest BCUT2D eigenvalue weighted by Gasteiger charge is -2.08. The molecule has 134 valence electrons. The van der Waals surface area contributed by atoms with E-state index < -0.39 is 23.1 Å². The maximum atomic E-state index is 12.9. The first-order valence-corrected chi connectivity index (χ1v) is 8.02. The fourth-order valence-electron chi connectivity index (χ4n) is 3.02. The van der Waals surface area contributed by atoms with Crippen LogP contribution in [0.5, 0.6) is 0 Å². The van der Waals surface area contributed by atoms with Gasteiger partial charge in [0, 0.05) is 10.9 Å². The van der Waals surface area contributed by atoms with E-state index in [1.807, 2.05) is 18.2 Å². The summed E-state index contributed by atoms with van der Waals surface area (Å²) in [5, 5.41) is 2.20. The molecule has 0 spiro atoms. The molecule has 4 aromatic rings. The van der Waals surface area contributed by atoms with Gasteiger partial charge in [-0.1, -0.05) is 42.5 Å². The number of carbonyl (C=O) groups excluding carboxylic acids is 1. The molecule has 0 radical (unpaired) electrons. The zero-order chi connectivity index (χ0) is 19.2. The normalized spacial score (nSPS) is 11.8. The third-order valence-corrected chi connectivity index (χ3v) is 4.34. The Balaban J connectivity index is 1.91. The van der Waals surface area contributed by atoms with Crippen molar-refractivity contribution in [3.05, 3.63) is 93.8 Å². The Morgan fingerprint density at radius 3 is 2.41 bits per heavy atom. The van der Waals surface area contributed by atoms with Crippen molar-refractivity contribution in [3.8, 4) is 0 Å². The fraction of sp³-hybridized carbons (Fsp3) is 0.0476. The van der Waals surface area contributed by atoms with Gasteiger partial charge in [0.05, 0.1) is 5.56 Å². The quantitative estimate of drug-likeness (QED) is 0.278. The fourth-order valence-corrected chi connectivity index (χ4v) is 3.02. The number of fused-ring (bicyclic) bond motifs is 3. The van der Waals surface area contributed by atoms with Crippen LogP contribution < -0.4 is 5.63 Å². The minimum atomic E-state index is -4.58. The molecule has 1 aromatic heterocycles. The summed E-state index contributed by atoms with van der Waals surface area (Å²) in [5.74, 6) is -0.815. The van der Waals surface area contributed by atoms with Crippen LogP contribution in [0.3, 0.4) is 0 Å². The van der Waals surface area contributed by atoms with Gasteiger partial charge in [-0.15, -0.1) is 0 Å². The molecule has 0 saturated heterocycles. The predicted octanol–water partition coefficient (Wildman–Crippen LogP) is 5.20. The zero-order valence-corrected chi connectivity index (χ0v) is 13.7. The molecule has 0 bridgehead atoms. The van der Waals surface area contributed by atoms with Crippen molar-refractivity contribution in [1.29, 1.82) is 0 Å². The van der Waals surface area contributed by atoms with Crippen LogP contribution in [0.15, 0.2) is 75.9 Å². The van der Waals surface area contributed by atoms with E-state index in [4.69, 9.17) is 4.42 Å². The molecule has 3 aromatic carbocycles. The second kappa shape index (κ2) is 6.09. The van der Waals surface area contributed by atoms with Crippen LogP contribution in [0.25, 0.3) is 21.7 Å². The highest BCUT2D eigenvalue weighted by Crippen LogP contribution is 2.30. The van der Waals surface area contributed by atoms with Gasteiger partial charge in [-0.3, -0.25) is 4.79 Å². The third-order valence-electron chi connectivity index (χ3n) is 4.34. The molecule has 4 rings (SSSR count). The van der Waals surface area contributed by atoms with Gasteiger partial charge >= 0.3 is 11.8 Å². The predicted molar refractivity (Wildman–Crippen MR) is 94.9 cm³/mol. The molecular formula is C21H11F3O3. The molecule has 0 unspecified atom stereocenters. The van der Waals surface area contributed by atoms with Crippen LogP contribution in [0, 0.1) is 0 Å². The number of alkyl halides is 3. The van der Waals surface area contributed by atoms with Crippen molar-refractivity contribution in [2.24, 2.45) is 0 Å². The summed E-state index contributed by atoms with van der Waals surface area (Å²) < 4.78 is 44.0.